The van der Waals surface area contributed by atoms with E-state index in [0.29, 0.717) is 29.4 Å². The van der Waals surface area contributed by atoms with Gasteiger partial charge in [-0.3, -0.25) is 4.79 Å². The molecule has 1 saturated heterocycles. The second-order valence-corrected chi connectivity index (χ2v) is 10.5. The Morgan fingerprint density at radius 1 is 1.17 bits per heavy atom. The number of rotatable bonds is 8. The van der Waals surface area contributed by atoms with Gasteiger partial charge in [0.05, 0.1) is 31.5 Å². The van der Waals surface area contributed by atoms with Crippen LogP contribution < -0.4 is 9.47 Å². The van der Waals surface area contributed by atoms with Gasteiger partial charge in [-0.25, -0.2) is 8.42 Å². The number of methoxy groups -OCH3 is 2. The molecule has 2 aliphatic rings. The fraction of sp³-hybridized carbons (Fsp3) is 0.526. The Labute approximate surface area is 179 Å². The van der Waals surface area contributed by atoms with Crippen molar-refractivity contribution < 1.29 is 27.1 Å². The molecule has 2 fully saturated rings. The van der Waals surface area contributed by atoms with Gasteiger partial charge in [0.2, 0.25) is 11.8 Å². The summed E-state index contributed by atoms with van der Waals surface area (Å²) in [5.74, 6) is 1.70. The first-order valence-electron chi connectivity index (χ1n) is 9.60. The van der Waals surface area contributed by atoms with Crippen molar-refractivity contribution in [3.8, 4) is 23.0 Å². The Bertz CT molecular complexity index is 1030. The van der Waals surface area contributed by atoms with Crippen molar-refractivity contribution in [2.75, 3.05) is 31.5 Å². The zero-order valence-corrected chi connectivity index (χ0v) is 18.4. The van der Waals surface area contributed by atoms with Crippen LogP contribution in [0.25, 0.3) is 11.5 Å². The lowest BCUT2D eigenvalue weighted by molar-refractivity contribution is -0.130. The fourth-order valence-corrected chi connectivity index (χ4v) is 5.95. The van der Waals surface area contributed by atoms with Crippen LogP contribution in [0.15, 0.2) is 27.8 Å². The third-order valence-electron chi connectivity index (χ3n) is 5.19. The van der Waals surface area contributed by atoms with E-state index in [1.165, 1.54) is 0 Å². The fourth-order valence-electron chi connectivity index (χ4n) is 3.60. The molecule has 1 aliphatic carbocycles. The minimum atomic E-state index is -3.05. The van der Waals surface area contributed by atoms with E-state index in [-0.39, 0.29) is 40.5 Å². The van der Waals surface area contributed by atoms with E-state index < -0.39 is 9.84 Å². The van der Waals surface area contributed by atoms with E-state index in [1.807, 2.05) is 0 Å². The quantitative estimate of drug-likeness (QED) is 0.554. The van der Waals surface area contributed by atoms with Crippen molar-refractivity contribution in [1.82, 2.24) is 15.1 Å². The van der Waals surface area contributed by atoms with E-state index in [2.05, 4.69) is 10.2 Å². The molecular weight excluding hydrogens is 430 g/mol. The number of benzene rings is 1. The van der Waals surface area contributed by atoms with Gasteiger partial charge in [0.1, 0.15) is 0 Å². The molecule has 0 spiro atoms. The first-order valence-corrected chi connectivity index (χ1v) is 12.4. The van der Waals surface area contributed by atoms with Crippen molar-refractivity contribution >= 4 is 27.5 Å². The Morgan fingerprint density at radius 3 is 2.57 bits per heavy atom. The first kappa shape index (κ1) is 21.0. The van der Waals surface area contributed by atoms with Gasteiger partial charge in [-0.05, 0) is 37.5 Å². The van der Waals surface area contributed by atoms with Crippen LogP contribution in [0.1, 0.15) is 19.3 Å². The number of carbonyl (C=O) groups is 1. The summed E-state index contributed by atoms with van der Waals surface area (Å²) in [6, 6.07) is 5.20. The second-order valence-electron chi connectivity index (χ2n) is 7.32. The van der Waals surface area contributed by atoms with Crippen LogP contribution in [-0.2, 0) is 14.6 Å². The van der Waals surface area contributed by atoms with Crippen LogP contribution in [0.3, 0.4) is 0 Å². The number of sulfone groups is 1. The minimum Gasteiger partial charge on any atom is -0.493 e. The summed E-state index contributed by atoms with van der Waals surface area (Å²) in [5, 5.41) is 8.34. The van der Waals surface area contributed by atoms with E-state index >= 15 is 0 Å². The van der Waals surface area contributed by atoms with Gasteiger partial charge in [0, 0.05) is 17.6 Å². The maximum Gasteiger partial charge on any atom is 0.277 e. The predicted molar refractivity (Wildman–Crippen MR) is 110 cm³/mol. The monoisotopic (exact) mass is 453 g/mol. The Kier molecular flexibility index (Phi) is 5.92. The zero-order chi connectivity index (χ0) is 21.3. The molecule has 1 aromatic heterocycles. The standard InChI is InChI=1S/C19H23N3O6S2/c1-26-15-6-3-12(9-16(15)27-2)18-20-21-19(28-18)29-10-17(23)22(13-4-5-13)14-7-8-30(24,25)11-14/h3,6,9,13-14H,4-5,7-8,10-11H2,1-2H3/t14-/m1/s1. The molecule has 1 aromatic carbocycles. The molecule has 2 aromatic rings. The summed E-state index contributed by atoms with van der Waals surface area (Å²) in [4.78, 5) is 14.6. The second kappa shape index (κ2) is 8.46. The van der Waals surface area contributed by atoms with Gasteiger partial charge < -0.3 is 18.8 Å². The van der Waals surface area contributed by atoms with Crippen molar-refractivity contribution in [2.24, 2.45) is 0 Å². The van der Waals surface area contributed by atoms with Crippen molar-refractivity contribution in [1.29, 1.82) is 0 Å². The van der Waals surface area contributed by atoms with Crippen LogP contribution in [0.2, 0.25) is 0 Å². The average molecular weight is 454 g/mol. The highest BCUT2D eigenvalue weighted by Crippen LogP contribution is 2.34. The molecule has 0 N–H and O–H groups in total. The number of hydrogen-bond donors (Lipinski definition) is 0. The van der Waals surface area contributed by atoms with Gasteiger partial charge in [-0.2, -0.15) is 0 Å². The lowest BCUT2D eigenvalue weighted by Crippen LogP contribution is -2.43. The van der Waals surface area contributed by atoms with Gasteiger partial charge in [0.25, 0.3) is 5.22 Å². The number of nitrogens with zero attached hydrogens (tertiary/aromatic N) is 3. The molecule has 0 radical (unpaired) electrons. The van der Waals surface area contributed by atoms with Crippen molar-refractivity contribution in [3.63, 3.8) is 0 Å². The van der Waals surface area contributed by atoms with Gasteiger partial charge >= 0.3 is 0 Å². The van der Waals surface area contributed by atoms with Crippen molar-refractivity contribution in [2.45, 2.75) is 36.6 Å². The number of amides is 1. The van der Waals surface area contributed by atoms with Crippen LogP contribution in [0, 0.1) is 0 Å². The normalized spacial score (nSPS) is 20.1. The molecule has 11 heteroatoms. The Hall–Kier alpha value is -2.27. The van der Waals surface area contributed by atoms with Crippen LogP contribution in [0.4, 0.5) is 0 Å². The molecule has 1 atom stereocenters. The lowest BCUT2D eigenvalue weighted by atomic mass is 10.2. The third kappa shape index (κ3) is 4.56. The number of aromatic nitrogens is 2. The Morgan fingerprint density at radius 2 is 1.93 bits per heavy atom. The topological polar surface area (TPSA) is 112 Å². The summed E-state index contributed by atoms with van der Waals surface area (Å²) in [6.07, 6.45) is 2.37. The van der Waals surface area contributed by atoms with Crippen LogP contribution in [-0.4, -0.2) is 73.0 Å². The van der Waals surface area contributed by atoms with Crippen molar-refractivity contribution in [3.05, 3.63) is 18.2 Å². The molecule has 0 bridgehead atoms. The molecule has 9 nitrogen and oxygen atoms in total. The highest BCUT2D eigenvalue weighted by molar-refractivity contribution is 7.99. The molecule has 4 rings (SSSR count). The summed E-state index contributed by atoms with van der Waals surface area (Å²) in [5.41, 5.74) is 0.675. The maximum atomic E-state index is 12.8. The van der Waals surface area contributed by atoms with E-state index in [0.717, 1.165) is 24.6 Å². The summed E-state index contributed by atoms with van der Waals surface area (Å²) < 4.78 is 39.8. The smallest absolute Gasteiger partial charge is 0.277 e. The van der Waals surface area contributed by atoms with E-state index in [9.17, 15) is 13.2 Å². The van der Waals surface area contributed by atoms with Crippen LogP contribution >= 0.6 is 11.8 Å². The molecule has 30 heavy (non-hydrogen) atoms. The zero-order valence-electron chi connectivity index (χ0n) is 16.7. The third-order valence-corrected chi connectivity index (χ3v) is 7.74. The largest absolute Gasteiger partial charge is 0.493 e. The van der Waals surface area contributed by atoms with Crippen LogP contribution in [0.5, 0.6) is 11.5 Å². The van der Waals surface area contributed by atoms with Gasteiger partial charge in [0.15, 0.2) is 21.3 Å². The average Bonchev–Trinajstić information content (AvgIpc) is 3.33. The van der Waals surface area contributed by atoms with E-state index in [1.54, 1.807) is 37.3 Å². The molecule has 2 heterocycles. The molecule has 1 aliphatic heterocycles. The molecule has 0 unspecified atom stereocenters. The number of ether oxygens (including phenoxy) is 2. The number of hydrogen-bond acceptors (Lipinski definition) is 9. The number of thioether (sulfide) groups is 1. The number of carbonyl (C=O) groups excluding carboxylic acids is 1. The van der Waals surface area contributed by atoms with Gasteiger partial charge in [-0.1, -0.05) is 11.8 Å². The van der Waals surface area contributed by atoms with Gasteiger partial charge in [-0.15, -0.1) is 10.2 Å². The highest BCUT2D eigenvalue weighted by Gasteiger charge is 2.42. The summed E-state index contributed by atoms with van der Waals surface area (Å²) >= 11 is 1.16. The summed E-state index contributed by atoms with van der Waals surface area (Å²) in [7, 11) is 0.0569. The first-order chi connectivity index (χ1) is 14.4. The maximum absolute atomic E-state index is 12.8. The molecular formula is C19H23N3O6S2. The SMILES string of the molecule is COc1ccc(-c2nnc(SCC(=O)N(C3CC3)[C@@H]3CCS(=O)(=O)C3)o2)cc1OC. The molecule has 162 valence electrons. The highest BCUT2D eigenvalue weighted by atomic mass is 32.2. The van der Waals surface area contributed by atoms with E-state index in [4.69, 9.17) is 13.9 Å². The Balaban J connectivity index is 1.41. The minimum absolute atomic E-state index is 0.0594. The summed E-state index contributed by atoms with van der Waals surface area (Å²) in [6.45, 7) is 0. The molecule has 1 amide bonds. The predicted octanol–water partition coefficient (Wildman–Crippen LogP) is 2.02. The lowest BCUT2D eigenvalue weighted by Gasteiger charge is -2.28. The molecule has 1 saturated carbocycles.